The van der Waals surface area contributed by atoms with E-state index in [1.807, 2.05) is 55.5 Å². The Morgan fingerprint density at radius 3 is 2.46 bits per heavy atom. The van der Waals surface area contributed by atoms with Gasteiger partial charge in [0.05, 0.1) is 23.4 Å². The average molecular weight is 551 g/mol. The van der Waals surface area contributed by atoms with Crippen molar-refractivity contribution >= 4 is 45.0 Å². The molecule has 35 heavy (non-hydrogen) atoms. The number of esters is 1. The third kappa shape index (κ3) is 4.17. The number of carbonyl (C=O) groups is 2. The summed E-state index contributed by atoms with van der Waals surface area (Å²) in [6.45, 7) is 2.17. The lowest BCUT2D eigenvalue weighted by Gasteiger charge is -2.29. The maximum atomic E-state index is 13.5. The fourth-order valence-corrected chi connectivity index (χ4v) is 5.11. The van der Waals surface area contributed by atoms with Crippen LogP contribution in [0.5, 0.6) is 5.75 Å². The van der Waals surface area contributed by atoms with Crippen molar-refractivity contribution in [1.82, 2.24) is 5.32 Å². The maximum absolute atomic E-state index is 13.5. The van der Waals surface area contributed by atoms with Crippen LogP contribution in [0.25, 0.3) is 5.70 Å². The van der Waals surface area contributed by atoms with Gasteiger partial charge in [0.2, 0.25) is 0 Å². The Kier molecular flexibility index (Phi) is 6.26. The predicted octanol–water partition coefficient (Wildman–Crippen LogP) is 6.42. The Morgan fingerprint density at radius 1 is 1.06 bits per heavy atom. The van der Waals surface area contributed by atoms with Crippen LogP contribution in [0, 0.1) is 0 Å². The van der Waals surface area contributed by atoms with E-state index in [0.29, 0.717) is 51.0 Å². The summed E-state index contributed by atoms with van der Waals surface area (Å²) in [6.07, 6.45) is 0. The number of ether oxygens (including phenoxy) is 2. The first-order chi connectivity index (χ1) is 16.9. The van der Waals surface area contributed by atoms with Crippen molar-refractivity contribution in [2.45, 2.75) is 19.4 Å². The van der Waals surface area contributed by atoms with Crippen LogP contribution in [0.2, 0.25) is 5.02 Å². The summed E-state index contributed by atoms with van der Waals surface area (Å²) in [5.74, 6) is -0.727. The van der Waals surface area contributed by atoms with Crippen molar-refractivity contribution in [3.63, 3.8) is 0 Å². The van der Waals surface area contributed by atoms with Gasteiger partial charge in [-0.15, -0.1) is 0 Å². The van der Waals surface area contributed by atoms with Crippen LogP contribution in [-0.2, 0) is 16.1 Å². The van der Waals surface area contributed by atoms with Crippen molar-refractivity contribution in [3.8, 4) is 5.75 Å². The molecule has 1 atom stereocenters. The topological polar surface area (TPSA) is 64.6 Å². The molecule has 0 bridgehead atoms. The Bertz CT molecular complexity index is 1430. The number of dihydropyridines is 1. The van der Waals surface area contributed by atoms with E-state index in [9.17, 15) is 9.59 Å². The zero-order valence-corrected chi connectivity index (χ0v) is 21.4. The first kappa shape index (κ1) is 23.4. The van der Waals surface area contributed by atoms with E-state index in [4.69, 9.17) is 21.1 Å². The number of Topliss-reactive ketones (excluding diaryl/α,β-unsaturated/α-hetero) is 1. The summed E-state index contributed by atoms with van der Waals surface area (Å²) in [7, 11) is 1.33. The molecule has 1 aliphatic heterocycles. The lowest BCUT2D eigenvalue weighted by Crippen LogP contribution is -2.29. The van der Waals surface area contributed by atoms with E-state index in [1.165, 1.54) is 7.11 Å². The molecular weight excluding hydrogens is 530 g/mol. The molecule has 0 fully saturated rings. The van der Waals surface area contributed by atoms with Gasteiger partial charge < -0.3 is 14.8 Å². The first-order valence-electron chi connectivity index (χ1n) is 11.0. The highest BCUT2D eigenvalue weighted by Crippen LogP contribution is 2.47. The third-order valence-electron chi connectivity index (χ3n) is 6.25. The number of hydrogen-bond donors (Lipinski definition) is 1. The molecule has 3 aromatic rings. The van der Waals surface area contributed by atoms with Crippen molar-refractivity contribution in [3.05, 3.63) is 115 Å². The number of nitrogens with one attached hydrogen (secondary N) is 1. The number of rotatable bonds is 5. The molecule has 5 nitrogen and oxygen atoms in total. The highest BCUT2D eigenvalue weighted by Gasteiger charge is 2.42. The zero-order valence-electron chi connectivity index (χ0n) is 19.0. The molecule has 0 radical (unpaired) electrons. The van der Waals surface area contributed by atoms with Crippen LogP contribution in [0.4, 0.5) is 0 Å². The smallest absolute Gasteiger partial charge is 0.336 e. The number of benzene rings is 3. The van der Waals surface area contributed by atoms with Crippen LogP contribution < -0.4 is 10.1 Å². The summed E-state index contributed by atoms with van der Waals surface area (Å²) in [4.78, 5) is 26.3. The predicted molar refractivity (Wildman–Crippen MR) is 138 cm³/mol. The number of hydrogen-bond acceptors (Lipinski definition) is 5. The lowest BCUT2D eigenvalue weighted by atomic mass is 9.80. The monoisotopic (exact) mass is 549 g/mol. The van der Waals surface area contributed by atoms with E-state index >= 15 is 0 Å². The Morgan fingerprint density at radius 2 is 1.77 bits per heavy atom. The molecule has 0 spiro atoms. The van der Waals surface area contributed by atoms with Crippen LogP contribution in [-0.4, -0.2) is 18.9 Å². The fourth-order valence-electron chi connectivity index (χ4n) is 4.60. The average Bonchev–Trinajstić information content (AvgIpc) is 3.14. The van der Waals surface area contributed by atoms with E-state index < -0.39 is 11.9 Å². The number of ketones is 1. The molecule has 176 valence electrons. The lowest BCUT2D eigenvalue weighted by molar-refractivity contribution is -0.136. The third-order valence-corrected chi connectivity index (χ3v) is 7.08. The van der Waals surface area contributed by atoms with Crippen LogP contribution in [0.3, 0.4) is 0 Å². The van der Waals surface area contributed by atoms with Crippen molar-refractivity contribution < 1.29 is 19.1 Å². The number of carbonyl (C=O) groups excluding carboxylic acids is 2. The summed E-state index contributed by atoms with van der Waals surface area (Å²) in [6, 6.07) is 20.6. The van der Waals surface area contributed by atoms with Crippen molar-refractivity contribution in [1.29, 1.82) is 0 Å². The molecule has 1 aliphatic carbocycles. The standard InChI is InChI=1S/C28H21BrClNO4/c1-15-23(28(33)34-2)24(25-26(31-15)19-5-3-4-6-20(19)27(25)32)17-9-12-22(21(30)13-17)35-14-16-7-10-18(29)11-8-16/h3-13,24,31H,14H2,1-2H3/t24-/m0/s1. The van der Waals surface area contributed by atoms with Crippen LogP contribution in [0.15, 0.2) is 88.0 Å². The number of methoxy groups -OCH3 is 1. The minimum absolute atomic E-state index is 0.117. The van der Waals surface area contributed by atoms with Crippen LogP contribution >= 0.6 is 27.5 Å². The summed E-state index contributed by atoms with van der Waals surface area (Å²) in [5.41, 5.74) is 5.38. The van der Waals surface area contributed by atoms with Crippen molar-refractivity contribution in [2.75, 3.05) is 7.11 Å². The van der Waals surface area contributed by atoms with Gasteiger partial charge in [0.1, 0.15) is 12.4 Å². The fraction of sp³-hybridized carbons (Fsp3) is 0.143. The second-order valence-electron chi connectivity index (χ2n) is 8.36. The molecule has 3 aromatic carbocycles. The van der Waals surface area contributed by atoms with Gasteiger partial charge in [-0.3, -0.25) is 4.79 Å². The molecule has 5 rings (SSSR count). The second-order valence-corrected chi connectivity index (χ2v) is 9.68. The molecule has 0 saturated heterocycles. The Balaban J connectivity index is 1.53. The van der Waals surface area contributed by atoms with Gasteiger partial charge in [0.15, 0.2) is 5.78 Å². The van der Waals surface area contributed by atoms with E-state index in [1.54, 1.807) is 18.2 Å². The molecule has 0 amide bonds. The largest absolute Gasteiger partial charge is 0.487 e. The van der Waals surface area contributed by atoms with Crippen molar-refractivity contribution in [2.24, 2.45) is 0 Å². The normalized spacial score (nSPS) is 16.6. The molecule has 7 heteroatoms. The summed E-state index contributed by atoms with van der Waals surface area (Å²) in [5, 5.41) is 3.67. The summed E-state index contributed by atoms with van der Waals surface area (Å²) >= 11 is 10.1. The van der Waals surface area contributed by atoms with Gasteiger partial charge in [-0.1, -0.05) is 70.0 Å². The highest BCUT2D eigenvalue weighted by atomic mass is 79.9. The highest BCUT2D eigenvalue weighted by molar-refractivity contribution is 9.10. The molecule has 0 unspecified atom stereocenters. The van der Waals surface area contributed by atoms with Crippen LogP contribution in [0.1, 0.15) is 39.9 Å². The first-order valence-corrected chi connectivity index (χ1v) is 12.2. The molecule has 0 saturated carbocycles. The molecule has 0 aromatic heterocycles. The SMILES string of the molecule is COC(=O)C1=C(C)NC2=C(C(=O)c3ccccc32)[C@H]1c1ccc(OCc2ccc(Br)cc2)c(Cl)c1. The van der Waals surface area contributed by atoms with Gasteiger partial charge >= 0.3 is 5.97 Å². The minimum atomic E-state index is -0.628. The Labute approximate surface area is 216 Å². The number of fused-ring (bicyclic) bond motifs is 2. The number of allylic oxidation sites excluding steroid dienone is 2. The van der Waals surface area contributed by atoms with Gasteiger partial charge in [-0.05, 0) is 42.3 Å². The van der Waals surface area contributed by atoms with Gasteiger partial charge in [0.25, 0.3) is 0 Å². The summed E-state index contributed by atoms with van der Waals surface area (Å²) < 4.78 is 12.0. The maximum Gasteiger partial charge on any atom is 0.336 e. The quantitative estimate of drug-likeness (QED) is 0.371. The molecule has 1 N–H and O–H groups in total. The van der Waals surface area contributed by atoms with Gasteiger partial charge in [-0.25, -0.2) is 4.79 Å². The Hall–Kier alpha value is -3.35. The minimum Gasteiger partial charge on any atom is -0.487 e. The number of halogens is 2. The van der Waals surface area contributed by atoms with E-state index in [2.05, 4.69) is 21.2 Å². The van der Waals surface area contributed by atoms with E-state index in [-0.39, 0.29) is 5.78 Å². The molecular formula is C28H21BrClNO4. The van der Waals surface area contributed by atoms with E-state index in [0.717, 1.165) is 15.6 Å². The zero-order chi connectivity index (χ0) is 24.7. The second kappa shape index (κ2) is 9.36. The molecule has 2 aliphatic rings. The van der Waals surface area contributed by atoms with Gasteiger partial charge in [-0.2, -0.15) is 0 Å². The molecule has 1 heterocycles. The van der Waals surface area contributed by atoms with Gasteiger partial charge in [0, 0.05) is 32.8 Å².